The van der Waals surface area contributed by atoms with Gasteiger partial charge in [-0.05, 0) is 38.5 Å². The van der Waals surface area contributed by atoms with Gasteiger partial charge in [-0.15, -0.1) is 0 Å². The van der Waals surface area contributed by atoms with E-state index < -0.39 is 6.09 Å². The Hall–Kier alpha value is -1.46. The van der Waals surface area contributed by atoms with Gasteiger partial charge in [-0.25, -0.2) is 9.59 Å². The number of carbonyl (C=O) groups excluding carboxylic acids is 1. The average Bonchev–Trinajstić information content (AvgIpc) is 2.41. The highest BCUT2D eigenvalue weighted by atomic mass is 16.4. The minimum absolute atomic E-state index is 0.0342. The van der Waals surface area contributed by atoms with Gasteiger partial charge < -0.3 is 21.1 Å². The Morgan fingerprint density at radius 2 is 1.15 bits per heavy atom. The van der Waals surface area contributed by atoms with Crippen LogP contribution in [0.1, 0.15) is 57.8 Å². The maximum absolute atomic E-state index is 11.9. The molecule has 20 heavy (non-hydrogen) atoms. The van der Waals surface area contributed by atoms with Gasteiger partial charge in [0, 0.05) is 18.1 Å². The molecule has 2 saturated carbocycles. The Morgan fingerprint density at radius 1 is 0.700 bits per heavy atom. The van der Waals surface area contributed by atoms with E-state index in [0.717, 1.165) is 38.5 Å². The summed E-state index contributed by atoms with van der Waals surface area (Å²) in [7, 11) is 0. The van der Waals surface area contributed by atoms with E-state index in [-0.39, 0.29) is 18.1 Å². The quantitative estimate of drug-likeness (QED) is 0.640. The summed E-state index contributed by atoms with van der Waals surface area (Å²) in [6, 6.07) is 0.470. The molecule has 2 fully saturated rings. The number of nitrogens with one attached hydrogen (secondary N) is 3. The van der Waals surface area contributed by atoms with Gasteiger partial charge in [-0.2, -0.15) is 0 Å². The van der Waals surface area contributed by atoms with Crippen molar-refractivity contribution in [1.82, 2.24) is 16.0 Å². The Balaban J connectivity index is 1.64. The molecule has 0 aromatic rings. The van der Waals surface area contributed by atoms with Gasteiger partial charge in [-0.1, -0.05) is 19.3 Å². The molecule has 2 rings (SSSR count). The van der Waals surface area contributed by atoms with E-state index in [4.69, 9.17) is 5.11 Å². The monoisotopic (exact) mass is 283 g/mol. The molecular formula is C14H25N3O3. The highest BCUT2D eigenvalue weighted by Gasteiger charge is 2.24. The summed E-state index contributed by atoms with van der Waals surface area (Å²) in [5, 5.41) is 17.2. The van der Waals surface area contributed by atoms with Gasteiger partial charge in [0.2, 0.25) is 0 Å². The first-order valence-corrected chi connectivity index (χ1v) is 7.70. The van der Waals surface area contributed by atoms with Gasteiger partial charge in [0.25, 0.3) is 0 Å². The van der Waals surface area contributed by atoms with Crippen LogP contribution in [-0.2, 0) is 0 Å². The first-order valence-electron chi connectivity index (χ1n) is 7.70. The fourth-order valence-corrected chi connectivity index (χ4v) is 3.22. The van der Waals surface area contributed by atoms with Crippen LogP contribution in [0.3, 0.4) is 0 Å². The molecule has 2 aliphatic carbocycles. The zero-order chi connectivity index (χ0) is 14.4. The molecule has 0 saturated heterocycles. The number of amides is 3. The van der Waals surface area contributed by atoms with Crippen LogP contribution in [0.4, 0.5) is 9.59 Å². The van der Waals surface area contributed by atoms with Crippen LogP contribution in [0.15, 0.2) is 0 Å². The van der Waals surface area contributed by atoms with E-state index in [1.807, 2.05) is 0 Å². The summed E-state index contributed by atoms with van der Waals surface area (Å²) >= 11 is 0. The van der Waals surface area contributed by atoms with Gasteiger partial charge in [0.1, 0.15) is 0 Å². The van der Waals surface area contributed by atoms with Gasteiger partial charge >= 0.3 is 12.1 Å². The first kappa shape index (κ1) is 14.9. The lowest BCUT2D eigenvalue weighted by molar-refractivity contribution is 0.182. The Kier molecular flexibility index (Phi) is 5.49. The van der Waals surface area contributed by atoms with Crippen LogP contribution in [0.5, 0.6) is 0 Å². The second kappa shape index (κ2) is 7.36. The number of carbonyl (C=O) groups is 2. The second-order valence-electron chi connectivity index (χ2n) is 5.95. The third-order valence-corrected chi connectivity index (χ3v) is 4.33. The fraction of sp³-hybridized carbons (Fsp3) is 0.857. The number of carboxylic acid groups (broad SMARTS) is 1. The minimum atomic E-state index is -0.962. The Bertz CT molecular complexity index is 335. The van der Waals surface area contributed by atoms with Crippen LogP contribution in [0.25, 0.3) is 0 Å². The molecule has 6 heteroatoms. The van der Waals surface area contributed by atoms with Gasteiger partial charge in [0.05, 0.1) is 0 Å². The van der Waals surface area contributed by atoms with E-state index in [1.165, 1.54) is 19.3 Å². The van der Waals surface area contributed by atoms with Gasteiger partial charge in [-0.3, -0.25) is 0 Å². The maximum Gasteiger partial charge on any atom is 0.404 e. The van der Waals surface area contributed by atoms with Crippen LogP contribution in [0, 0.1) is 0 Å². The predicted molar refractivity (Wildman–Crippen MR) is 75.7 cm³/mol. The summed E-state index contributed by atoms with van der Waals surface area (Å²) in [6.07, 6.45) is 8.16. The predicted octanol–water partition coefficient (Wildman–Crippen LogP) is 2.20. The molecule has 4 N–H and O–H groups in total. The number of urea groups is 1. The van der Waals surface area contributed by atoms with Gasteiger partial charge in [0.15, 0.2) is 0 Å². The molecule has 0 aromatic heterocycles. The molecule has 0 bridgehead atoms. The summed E-state index contributed by atoms with van der Waals surface area (Å²) in [6.45, 7) is 0. The lowest BCUT2D eigenvalue weighted by atomic mass is 9.91. The van der Waals surface area contributed by atoms with Crippen molar-refractivity contribution in [1.29, 1.82) is 0 Å². The highest BCUT2D eigenvalue weighted by Crippen LogP contribution is 2.19. The van der Waals surface area contributed by atoms with Crippen LogP contribution >= 0.6 is 0 Å². The lowest BCUT2D eigenvalue weighted by Crippen LogP contribution is -2.49. The second-order valence-corrected chi connectivity index (χ2v) is 5.95. The zero-order valence-electron chi connectivity index (χ0n) is 11.9. The van der Waals surface area contributed by atoms with Crippen molar-refractivity contribution in [3.63, 3.8) is 0 Å². The average molecular weight is 283 g/mol. The largest absolute Gasteiger partial charge is 0.465 e. The van der Waals surface area contributed by atoms with E-state index in [2.05, 4.69) is 16.0 Å². The van der Waals surface area contributed by atoms with Crippen molar-refractivity contribution in [3.8, 4) is 0 Å². The number of hydrogen-bond donors (Lipinski definition) is 4. The topological polar surface area (TPSA) is 90.5 Å². The molecule has 0 heterocycles. The van der Waals surface area contributed by atoms with Crippen LogP contribution in [0.2, 0.25) is 0 Å². The lowest BCUT2D eigenvalue weighted by Gasteiger charge is -2.30. The minimum Gasteiger partial charge on any atom is -0.465 e. The number of hydrogen-bond acceptors (Lipinski definition) is 2. The molecule has 114 valence electrons. The number of rotatable bonds is 3. The Labute approximate surface area is 119 Å². The zero-order valence-corrected chi connectivity index (χ0v) is 11.9. The first-order chi connectivity index (χ1) is 9.63. The van der Waals surface area contributed by atoms with Crippen LogP contribution < -0.4 is 16.0 Å². The molecule has 3 amide bonds. The van der Waals surface area contributed by atoms with Crippen molar-refractivity contribution in [2.75, 3.05) is 0 Å². The molecule has 0 aromatic carbocycles. The third kappa shape index (κ3) is 4.90. The van der Waals surface area contributed by atoms with E-state index >= 15 is 0 Å². The van der Waals surface area contributed by atoms with E-state index in [9.17, 15) is 9.59 Å². The SMILES string of the molecule is O=C(O)NC1CCC(NC(=O)NC2CCCCC2)CC1. The maximum atomic E-state index is 11.9. The standard InChI is InChI=1S/C14H25N3O3/c18-13(15-10-4-2-1-3-5-10)16-11-6-8-12(9-7-11)17-14(19)20/h10-12,17H,1-9H2,(H,19,20)(H2,15,16,18). The van der Waals surface area contributed by atoms with Crippen molar-refractivity contribution in [2.24, 2.45) is 0 Å². The Morgan fingerprint density at radius 3 is 1.65 bits per heavy atom. The summed E-state index contributed by atoms with van der Waals surface area (Å²) in [4.78, 5) is 22.5. The highest BCUT2D eigenvalue weighted by molar-refractivity contribution is 5.74. The molecule has 0 spiro atoms. The molecular weight excluding hydrogens is 258 g/mol. The van der Waals surface area contributed by atoms with Crippen molar-refractivity contribution < 1.29 is 14.7 Å². The summed E-state index contributed by atoms with van der Waals surface area (Å²) in [5.74, 6) is 0. The fourth-order valence-electron chi connectivity index (χ4n) is 3.22. The van der Waals surface area contributed by atoms with Crippen molar-refractivity contribution >= 4 is 12.1 Å². The molecule has 0 radical (unpaired) electrons. The molecule has 2 aliphatic rings. The summed E-state index contributed by atoms with van der Waals surface area (Å²) in [5.41, 5.74) is 0. The van der Waals surface area contributed by atoms with E-state index in [0.29, 0.717) is 6.04 Å². The van der Waals surface area contributed by atoms with Crippen molar-refractivity contribution in [2.45, 2.75) is 75.9 Å². The third-order valence-electron chi connectivity index (χ3n) is 4.33. The van der Waals surface area contributed by atoms with E-state index in [1.54, 1.807) is 0 Å². The molecule has 6 nitrogen and oxygen atoms in total. The summed E-state index contributed by atoms with van der Waals surface area (Å²) < 4.78 is 0. The van der Waals surface area contributed by atoms with Crippen LogP contribution in [-0.4, -0.2) is 35.4 Å². The smallest absolute Gasteiger partial charge is 0.404 e. The molecule has 0 unspecified atom stereocenters. The normalized spacial score (nSPS) is 27.6. The van der Waals surface area contributed by atoms with Crippen molar-refractivity contribution in [3.05, 3.63) is 0 Å². The molecule has 0 aliphatic heterocycles. The molecule has 0 atom stereocenters.